The minimum atomic E-state index is -1.82. The normalized spacial score (nSPS) is 13.0. The third kappa shape index (κ3) is 10.7. The molecule has 0 unspecified atom stereocenters. The first-order valence-corrected chi connectivity index (χ1v) is 10.8. The molecule has 1 aromatic heterocycles. The second-order valence-corrected chi connectivity index (χ2v) is 7.60. The Morgan fingerprint density at radius 2 is 1.41 bits per heavy atom. The second kappa shape index (κ2) is 15.2. The van der Waals surface area contributed by atoms with Crippen LogP contribution in [0.25, 0.3) is 10.9 Å². The molecule has 2 aromatic rings. The van der Waals surface area contributed by atoms with Crippen molar-refractivity contribution in [2.24, 2.45) is 0 Å². The molecule has 0 aliphatic carbocycles. The molecule has 0 radical (unpaired) electrons. The molecule has 0 spiro atoms. The van der Waals surface area contributed by atoms with E-state index in [2.05, 4.69) is 52.2 Å². The van der Waals surface area contributed by atoms with Gasteiger partial charge in [0.25, 0.3) is 0 Å². The summed E-state index contributed by atoms with van der Waals surface area (Å²) < 4.78 is 0. The highest BCUT2D eigenvalue weighted by Gasteiger charge is 2.10. The monoisotopic (exact) mass is 477 g/mol. The van der Waals surface area contributed by atoms with E-state index in [9.17, 15) is 0 Å². The lowest BCUT2D eigenvalue weighted by atomic mass is 10.1. The highest BCUT2D eigenvalue weighted by atomic mass is 16.4. The molecular weight excluding hydrogens is 446 g/mol. The second-order valence-electron chi connectivity index (χ2n) is 7.60. The molecular formula is C23H31N3O8. The highest BCUT2D eigenvalue weighted by Crippen LogP contribution is 2.24. The van der Waals surface area contributed by atoms with Crippen LogP contribution in [0, 0.1) is 0 Å². The topological polar surface area (TPSA) is 169 Å². The van der Waals surface area contributed by atoms with Crippen molar-refractivity contribution < 1.29 is 39.6 Å². The summed E-state index contributed by atoms with van der Waals surface area (Å²) >= 11 is 0. The van der Waals surface area contributed by atoms with Crippen LogP contribution in [0.5, 0.6) is 0 Å². The maximum absolute atomic E-state index is 9.10. The van der Waals surface area contributed by atoms with E-state index in [0.717, 1.165) is 12.1 Å². The van der Waals surface area contributed by atoms with Crippen LogP contribution >= 0.6 is 0 Å². The molecule has 1 aliphatic rings. The summed E-state index contributed by atoms with van der Waals surface area (Å²) in [5.41, 5.74) is 2.38. The van der Waals surface area contributed by atoms with Gasteiger partial charge in [-0.3, -0.25) is 4.98 Å². The van der Waals surface area contributed by atoms with E-state index in [1.54, 1.807) is 0 Å². The van der Waals surface area contributed by atoms with Crippen molar-refractivity contribution in [3.05, 3.63) is 36.5 Å². The summed E-state index contributed by atoms with van der Waals surface area (Å²) in [6, 6.07) is 10.5. The molecule has 186 valence electrons. The van der Waals surface area contributed by atoms with Crippen molar-refractivity contribution in [2.45, 2.75) is 32.1 Å². The lowest BCUT2D eigenvalue weighted by Gasteiger charge is -2.27. The van der Waals surface area contributed by atoms with Crippen LogP contribution in [-0.2, 0) is 19.2 Å². The lowest BCUT2D eigenvalue weighted by molar-refractivity contribution is -0.159. The first kappa shape index (κ1) is 28.3. The summed E-state index contributed by atoms with van der Waals surface area (Å²) in [5.74, 6) is -7.30. The number of carbonyl (C=O) groups is 4. The number of carboxylic acid groups (broad SMARTS) is 4. The van der Waals surface area contributed by atoms with Gasteiger partial charge < -0.3 is 30.2 Å². The Morgan fingerprint density at radius 1 is 0.853 bits per heavy atom. The van der Waals surface area contributed by atoms with Gasteiger partial charge in [-0.05, 0) is 57.5 Å². The Morgan fingerprint density at radius 3 is 1.97 bits per heavy atom. The molecule has 0 atom stereocenters. The van der Waals surface area contributed by atoms with Gasteiger partial charge in [0.1, 0.15) is 0 Å². The number of likely N-dealkylation sites (tertiary alicyclic amines) is 1. The molecule has 0 amide bonds. The minimum absolute atomic E-state index is 1.08. The molecule has 0 bridgehead atoms. The van der Waals surface area contributed by atoms with E-state index in [1.807, 2.05) is 6.20 Å². The van der Waals surface area contributed by atoms with E-state index in [-0.39, 0.29) is 0 Å². The number of hydrogen-bond donors (Lipinski definition) is 4. The molecule has 1 aromatic carbocycles. The third-order valence-electron chi connectivity index (χ3n) is 5.07. The number of unbranched alkanes of at least 4 members (excludes halogenated alkanes) is 1. The highest BCUT2D eigenvalue weighted by molar-refractivity contribution is 6.27. The Labute approximate surface area is 197 Å². The van der Waals surface area contributed by atoms with Gasteiger partial charge in [-0.15, -0.1) is 0 Å². The largest absolute Gasteiger partial charge is 0.473 e. The van der Waals surface area contributed by atoms with Gasteiger partial charge in [0.2, 0.25) is 0 Å². The molecule has 3 rings (SSSR count). The Balaban J connectivity index is 0.000000401. The molecule has 1 aliphatic heterocycles. The van der Waals surface area contributed by atoms with Crippen LogP contribution in [0.15, 0.2) is 36.5 Å². The predicted molar refractivity (Wildman–Crippen MR) is 125 cm³/mol. The van der Waals surface area contributed by atoms with E-state index >= 15 is 0 Å². The van der Waals surface area contributed by atoms with E-state index < -0.39 is 23.9 Å². The van der Waals surface area contributed by atoms with Gasteiger partial charge in [0.05, 0.1) is 5.52 Å². The Kier molecular flexibility index (Phi) is 12.6. The summed E-state index contributed by atoms with van der Waals surface area (Å²) in [6.45, 7) is 5.00. The van der Waals surface area contributed by atoms with Crippen LogP contribution < -0.4 is 4.90 Å². The van der Waals surface area contributed by atoms with Crippen molar-refractivity contribution in [2.75, 3.05) is 38.1 Å². The number of pyridine rings is 1. The molecule has 11 nitrogen and oxygen atoms in total. The summed E-state index contributed by atoms with van der Waals surface area (Å²) in [6.07, 6.45) is 8.68. The van der Waals surface area contributed by atoms with Gasteiger partial charge in [0, 0.05) is 30.9 Å². The SMILES string of the molecule is CN(CCCCN1CCCCC1)c1ccnc2ccccc12.O=C(O)C(=O)O.O=C(O)C(=O)O. The number of aliphatic carboxylic acids is 4. The first-order chi connectivity index (χ1) is 16.1. The fraction of sp³-hybridized carbons (Fsp3) is 0.435. The van der Waals surface area contributed by atoms with Crippen LogP contribution in [0.2, 0.25) is 0 Å². The Hall–Kier alpha value is -3.73. The number of rotatable bonds is 6. The average molecular weight is 478 g/mol. The van der Waals surface area contributed by atoms with Crippen LogP contribution in [0.1, 0.15) is 32.1 Å². The van der Waals surface area contributed by atoms with Gasteiger partial charge >= 0.3 is 23.9 Å². The van der Waals surface area contributed by atoms with Gasteiger partial charge in [0.15, 0.2) is 0 Å². The molecule has 2 heterocycles. The molecule has 0 saturated carbocycles. The molecule has 1 saturated heterocycles. The third-order valence-corrected chi connectivity index (χ3v) is 5.07. The number of hydrogen-bond acceptors (Lipinski definition) is 7. The van der Waals surface area contributed by atoms with Crippen molar-refractivity contribution >= 4 is 40.5 Å². The minimum Gasteiger partial charge on any atom is -0.473 e. The fourth-order valence-electron chi connectivity index (χ4n) is 3.40. The van der Waals surface area contributed by atoms with Crippen molar-refractivity contribution in [3.8, 4) is 0 Å². The molecule has 11 heteroatoms. The average Bonchev–Trinajstić information content (AvgIpc) is 2.82. The molecule has 34 heavy (non-hydrogen) atoms. The van der Waals surface area contributed by atoms with Crippen LogP contribution in [0.3, 0.4) is 0 Å². The number of nitrogens with zero attached hydrogens (tertiary/aromatic N) is 3. The number of aromatic nitrogens is 1. The van der Waals surface area contributed by atoms with Crippen molar-refractivity contribution in [3.63, 3.8) is 0 Å². The standard InChI is InChI=1S/C19H27N3.2C2H2O4/c1-21(13-7-8-16-22-14-5-2-6-15-22)19-11-12-20-18-10-4-3-9-17(18)19;2*3-1(4)2(5)6/h3-4,9-12H,2,5-8,13-16H2,1H3;2*(H,3,4)(H,5,6). The zero-order valence-electron chi connectivity index (χ0n) is 19.1. The zero-order chi connectivity index (χ0) is 25.5. The maximum Gasteiger partial charge on any atom is 0.414 e. The number of anilines is 1. The Bertz CT molecular complexity index is 907. The maximum atomic E-state index is 9.10. The van der Waals surface area contributed by atoms with Crippen molar-refractivity contribution in [1.29, 1.82) is 0 Å². The van der Waals surface area contributed by atoms with E-state index in [0.29, 0.717) is 0 Å². The lowest BCUT2D eigenvalue weighted by Crippen LogP contribution is -2.31. The van der Waals surface area contributed by atoms with E-state index in [4.69, 9.17) is 39.6 Å². The van der Waals surface area contributed by atoms with Gasteiger partial charge in [-0.2, -0.15) is 0 Å². The zero-order valence-corrected chi connectivity index (χ0v) is 19.1. The number of fused-ring (bicyclic) bond motifs is 1. The quantitative estimate of drug-likeness (QED) is 0.355. The first-order valence-electron chi connectivity index (χ1n) is 10.8. The predicted octanol–water partition coefficient (Wildman–Crippen LogP) is 2.25. The van der Waals surface area contributed by atoms with E-state index in [1.165, 1.54) is 62.8 Å². The van der Waals surface area contributed by atoms with Crippen LogP contribution in [0.4, 0.5) is 5.69 Å². The number of benzene rings is 1. The molecule has 4 N–H and O–H groups in total. The summed E-state index contributed by atoms with van der Waals surface area (Å²) in [4.78, 5) is 45.9. The number of piperidine rings is 1. The summed E-state index contributed by atoms with van der Waals surface area (Å²) in [7, 11) is 2.20. The van der Waals surface area contributed by atoms with Gasteiger partial charge in [-0.1, -0.05) is 24.6 Å². The summed E-state index contributed by atoms with van der Waals surface area (Å²) in [5, 5.41) is 30.8. The molecule has 1 fully saturated rings. The van der Waals surface area contributed by atoms with Gasteiger partial charge in [-0.25, -0.2) is 19.2 Å². The number of para-hydroxylation sites is 1. The number of carboxylic acids is 4. The van der Waals surface area contributed by atoms with Crippen molar-refractivity contribution in [1.82, 2.24) is 9.88 Å². The smallest absolute Gasteiger partial charge is 0.414 e. The van der Waals surface area contributed by atoms with Crippen LogP contribution in [-0.4, -0.2) is 87.4 Å². The fourth-order valence-corrected chi connectivity index (χ4v) is 3.40.